The van der Waals surface area contributed by atoms with Gasteiger partial charge in [0.2, 0.25) is 0 Å². The maximum Gasteiger partial charge on any atom is 0.321 e. The fourth-order valence-electron chi connectivity index (χ4n) is 6.04. The summed E-state index contributed by atoms with van der Waals surface area (Å²) in [5.74, 6) is 0.710. The number of hydrogen-bond donors (Lipinski definition) is 0. The number of aromatic nitrogens is 2. The van der Waals surface area contributed by atoms with Crippen molar-refractivity contribution < 1.29 is 14.3 Å². The van der Waals surface area contributed by atoms with Crippen molar-refractivity contribution in [3.05, 3.63) is 17.0 Å². The van der Waals surface area contributed by atoms with Crippen LogP contribution in [-0.4, -0.2) is 90.1 Å². The summed E-state index contributed by atoms with van der Waals surface area (Å²) < 4.78 is 13.6. The van der Waals surface area contributed by atoms with E-state index in [0.717, 1.165) is 69.7 Å². The zero-order chi connectivity index (χ0) is 26.3. The zero-order valence-electron chi connectivity index (χ0n) is 24.0. The molecule has 2 saturated heterocycles. The molecule has 4 heterocycles. The molecule has 3 aliphatic rings. The Balaban J connectivity index is 1.41. The fraction of sp³-hybridized carbons (Fsp3) is 0.852. The fourth-order valence-corrected chi connectivity index (χ4v) is 6.80. The van der Waals surface area contributed by atoms with E-state index in [-0.39, 0.29) is 12.1 Å². The molecule has 0 unspecified atom stereocenters. The summed E-state index contributed by atoms with van der Waals surface area (Å²) >= 11 is 0. The molecule has 1 aromatic heterocycles. The van der Waals surface area contributed by atoms with Gasteiger partial charge < -0.3 is 19.3 Å². The second kappa shape index (κ2) is 10.7. The van der Waals surface area contributed by atoms with E-state index in [2.05, 4.69) is 69.0 Å². The van der Waals surface area contributed by atoms with Gasteiger partial charge in [-0.2, -0.15) is 5.10 Å². The summed E-state index contributed by atoms with van der Waals surface area (Å²) in [7, 11) is -1.14. The molecule has 0 saturated carbocycles. The van der Waals surface area contributed by atoms with Crippen LogP contribution in [0.3, 0.4) is 0 Å². The standard InChI is InChI=1S/C27H49N5O3Si/c1-20-16-30(21(2)15-29(20)17-23-9-11-34-12-10-23)26(33)31-18-24-22(3)28-32(25(24)27(31,4)5)19-35-13-14-36(6,7)8/h20-21,23H,9-19H2,1-8H3/t20-,21+/m1/s1. The van der Waals surface area contributed by atoms with Crippen LogP contribution < -0.4 is 0 Å². The Hall–Kier alpha value is -1.42. The van der Waals surface area contributed by atoms with E-state index >= 15 is 0 Å². The maximum absolute atomic E-state index is 14.0. The number of nitrogens with zero attached hydrogens (tertiary/aromatic N) is 5. The third kappa shape index (κ3) is 5.84. The maximum atomic E-state index is 14.0. The van der Waals surface area contributed by atoms with Crippen molar-refractivity contribution in [1.82, 2.24) is 24.5 Å². The summed E-state index contributed by atoms with van der Waals surface area (Å²) in [4.78, 5) is 20.7. The lowest BCUT2D eigenvalue weighted by Crippen LogP contribution is -2.62. The Kier molecular flexibility index (Phi) is 8.24. The van der Waals surface area contributed by atoms with E-state index in [9.17, 15) is 4.79 Å². The van der Waals surface area contributed by atoms with Crippen LogP contribution in [0.2, 0.25) is 25.7 Å². The van der Waals surface area contributed by atoms with Crippen LogP contribution in [0.5, 0.6) is 0 Å². The molecule has 1 aromatic rings. The van der Waals surface area contributed by atoms with Crippen molar-refractivity contribution in [3.63, 3.8) is 0 Å². The normalized spacial score (nSPS) is 25.4. The number of amides is 2. The molecule has 0 N–H and O–H groups in total. The van der Waals surface area contributed by atoms with Crippen LogP contribution in [0.25, 0.3) is 0 Å². The quantitative estimate of drug-likeness (QED) is 0.392. The lowest BCUT2D eigenvalue weighted by atomic mass is 9.97. The average molecular weight is 520 g/mol. The molecule has 2 amide bonds. The van der Waals surface area contributed by atoms with Gasteiger partial charge in [-0.25, -0.2) is 9.48 Å². The smallest absolute Gasteiger partial charge is 0.321 e. The van der Waals surface area contributed by atoms with Crippen LogP contribution in [0.1, 0.15) is 57.5 Å². The predicted octanol–water partition coefficient (Wildman–Crippen LogP) is 4.50. The van der Waals surface area contributed by atoms with E-state index in [1.165, 1.54) is 5.56 Å². The first-order valence-corrected chi connectivity index (χ1v) is 17.6. The van der Waals surface area contributed by atoms with E-state index in [1.54, 1.807) is 0 Å². The lowest BCUT2D eigenvalue weighted by molar-refractivity contribution is 0.00784. The number of ether oxygens (including phenoxy) is 2. The summed E-state index contributed by atoms with van der Waals surface area (Å²) in [5.41, 5.74) is 2.88. The van der Waals surface area contributed by atoms with Gasteiger partial charge in [0.15, 0.2) is 0 Å². The molecule has 4 rings (SSSR count). The van der Waals surface area contributed by atoms with Crippen molar-refractivity contribution in [2.24, 2.45) is 5.92 Å². The van der Waals surface area contributed by atoms with E-state index < -0.39 is 13.6 Å². The minimum absolute atomic E-state index is 0.145. The molecule has 204 valence electrons. The van der Waals surface area contributed by atoms with E-state index in [1.807, 2.05) is 4.68 Å². The number of carbonyl (C=O) groups excluding carboxylic acids is 1. The molecule has 0 radical (unpaired) electrons. The highest BCUT2D eigenvalue weighted by Gasteiger charge is 2.47. The number of rotatable bonds is 7. The summed E-state index contributed by atoms with van der Waals surface area (Å²) in [6.07, 6.45) is 2.30. The van der Waals surface area contributed by atoms with Crippen molar-refractivity contribution in [1.29, 1.82) is 0 Å². The van der Waals surface area contributed by atoms with Crippen molar-refractivity contribution in [2.75, 3.05) is 39.5 Å². The molecule has 8 nitrogen and oxygen atoms in total. The van der Waals surface area contributed by atoms with Crippen LogP contribution in [0.4, 0.5) is 4.79 Å². The molecule has 0 aromatic carbocycles. The summed E-state index contributed by atoms with van der Waals surface area (Å²) in [6, 6.07) is 1.83. The number of fused-ring (bicyclic) bond motifs is 1. The summed E-state index contributed by atoms with van der Waals surface area (Å²) in [5, 5.41) is 4.80. The zero-order valence-corrected chi connectivity index (χ0v) is 25.0. The second-order valence-electron chi connectivity index (χ2n) is 13.0. The highest BCUT2D eigenvalue weighted by Crippen LogP contribution is 2.41. The van der Waals surface area contributed by atoms with Gasteiger partial charge in [0, 0.05) is 65.2 Å². The largest absolute Gasteiger partial charge is 0.381 e. The third-order valence-corrected chi connectivity index (χ3v) is 10.2. The molecule has 0 spiro atoms. The molecule has 9 heteroatoms. The highest BCUT2D eigenvalue weighted by molar-refractivity contribution is 6.76. The molecule has 0 aliphatic carbocycles. The van der Waals surface area contributed by atoms with Gasteiger partial charge >= 0.3 is 6.03 Å². The van der Waals surface area contributed by atoms with Gasteiger partial charge in [-0.05, 0) is 59.4 Å². The Morgan fingerprint density at radius 1 is 1.14 bits per heavy atom. The molecule has 3 aliphatic heterocycles. The van der Waals surface area contributed by atoms with Crippen LogP contribution in [0.15, 0.2) is 0 Å². The Labute approximate surface area is 219 Å². The number of hydrogen-bond acceptors (Lipinski definition) is 5. The van der Waals surface area contributed by atoms with Gasteiger partial charge in [0.25, 0.3) is 0 Å². The molecule has 36 heavy (non-hydrogen) atoms. The SMILES string of the molecule is Cc1nn(COCC[Si](C)(C)C)c2c1CN(C(=O)N1C[C@@H](C)N(CC3CCOCC3)C[C@@H]1C)C2(C)C. The minimum atomic E-state index is -1.14. The lowest BCUT2D eigenvalue weighted by Gasteiger charge is -2.47. The number of urea groups is 1. The van der Waals surface area contributed by atoms with Gasteiger partial charge in [-0.3, -0.25) is 4.90 Å². The number of carbonyl (C=O) groups is 1. The predicted molar refractivity (Wildman–Crippen MR) is 146 cm³/mol. The van der Waals surface area contributed by atoms with Crippen molar-refractivity contribution in [3.8, 4) is 0 Å². The molecular formula is C27H49N5O3Si. The Morgan fingerprint density at radius 3 is 2.50 bits per heavy atom. The topological polar surface area (TPSA) is 63.1 Å². The van der Waals surface area contributed by atoms with Crippen molar-refractivity contribution >= 4 is 14.1 Å². The first kappa shape index (κ1) is 27.6. The molecule has 2 fully saturated rings. The van der Waals surface area contributed by atoms with Gasteiger partial charge in [0.05, 0.1) is 23.5 Å². The van der Waals surface area contributed by atoms with Crippen LogP contribution >= 0.6 is 0 Å². The number of aryl methyl sites for hydroxylation is 1. The third-order valence-electron chi connectivity index (χ3n) is 8.46. The van der Waals surface area contributed by atoms with Crippen LogP contribution in [-0.2, 0) is 28.3 Å². The highest BCUT2D eigenvalue weighted by atomic mass is 28.3. The second-order valence-corrected chi connectivity index (χ2v) is 18.7. The van der Waals surface area contributed by atoms with Crippen molar-refractivity contribution in [2.45, 2.75) is 104 Å². The molecular weight excluding hydrogens is 470 g/mol. The molecule has 0 bridgehead atoms. The average Bonchev–Trinajstić information content (AvgIpc) is 3.27. The first-order chi connectivity index (χ1) is 16.9. The Morgan fingerprint density at radius 2 is 1.83 bits per heavy atom. The monoisotopic (exact) mass is 519 g/mol. The van der Waals surface area contributed by atoms with Crippen LogP contribution in [0, 0.1) is 12.8 Å². The molecule has 2 atom stereocenters. The minimum Gasteiger partial charge on any atom is -0.381 e. The van der Waals surface area contributed by atoms with Gasteiger partial charge in [-0.1, -0.05) is 19.6 Å². The van der Waals surface area contributed by atoms with Gasteiger partial charge in [0.1, 0.15) is 6.73 Å². The summed E-state index contributed by atoms with van der Waals surface area (Å²) in [6.45, 7) is 24.4. The first-order valence-electron chi connectivity index (χ1n) is 13.9. The van der Waals surface area contributed by atoms with Gasteiger partial charge in [-0.15, -0.1) is 0 Å². The van der Waals surface area contributed by atoms with E-state index in [4.69, 9.17) is 14.6 Å². The Bertz CT molecular complexity index is 921. The van der Waals surface area contributed by atoms with E-state index in [0.29, 0.717) is 25.2 Å². The number of piperazine rings is 1.